The standard InChI is InChI=1S/C18H10BrClF3N5/c19-10-1-4-12(5-2-10)25-13-7-8-24-17(26-13)15-16(18(21,22)23)27-14-6-3-11(20)9-28(14)15/h1-9H,(H,24,25,26). The fourth-order valence-corrected chi connectivity index (χ4v) is 3.08. The summed E-state index contributed by atoms with van der Waals surface area (Å²) in [6.45, 7) is 0. The van der Waals surface area contributed by atoms with Crippen LogP contribution < -0.4 is 5.32 Å². The molecule has 10 heteroatoms. The molecule has 1 aromatic carbocycles. The third-order valence-corrected chi connectivity index (χ3v) is 4.59. The van der Waals surface area contributed by atoms with Crippen LogP contribution in [-0.4, -0.2) is 19.4 Å². The topological polar surface area (TPSA) is 55.1 Å². The van der Waals surface area contributed by atoms with E-state index in [1.165, 1.54) is 28.9 Å². The van der Waals surface area contributed by atoms with Gasteiger partial charge in [0, 0.05) is 22.6 Å². The van der Waals surface area contributed by atoms with Crippen LogP contribution in [0.4, 0.5) is 24.7 Å². The Hall–Kier alpha value is -2.65. The Morgan fingerprint density at radius 2 is 1.75 bits per heavy atom. The number of alkyl halides is 3. The van der Waals surface area contributed by atoms with Crippen molar-refractivity contribution >= 4 is 44.7 Å². The first-order valence-corrected chi connectivity index (χ1v) is 9.09. The highest BCUT2D eigenvalue weighted by Gasteiger charge is 2.39. The first kappa shape index (κ1) is 18.7. The summed E-state index contributed by atoms with van der Waals surface area (Å²) in [6.07, 6.45) is -1.94. The van der Waals surface area contributed by atoms with Gasteiger partial charge in [-0.15, -0.1) is 0 Å². The number of hydrogen-bond acceptors (Lipinski definition) is 4. The maximum absolute atomic E-state index is 13.6. The zero-order valence-electron chi connectivity index (χ0n) is 13.9. The molecule has 0 unspecified atom stereocenters. The van der Waals surface area contributed by atoms with Crippen molar-refractivity contribution in [1.82, 2.24) is 19.4 Å². The molecule has 0 amide bonds. The van der Waals surface area contributed by atoms with E-state index in [-0.39, 0.29) is 22.2 Å². The number of pyridine rings is 1. The Kier molecular flexibility index (Phi) is 4.72. The SMILES string of the molecule is FC(F)(F)c1nc2ccc(Cl)cn2c1-c1nccc(Nc2ccc(Br)cc2)n1. The first-order valence-electron chi connectivity index (χ1n) is 7.92. The summed E-state index contributed by atoms with van der Waals surface area (Å²) < 4.78 is 42.9. The highest BCUT2D eigenvalue weighted by molar-refractivity contribution is 9.10. The molecular formula is C18H10BrClF3N5. The molecule has 0 spiro atoms. The van der Waals surface area contributed by atoms with Crippen molar-refractivity contribution in [3.05, 3.63) is 70.0 Å². The zero-order valence-corrected chi connectivity index (χ0v) is 16.2. The molecule has 1 N–H and O–H groups in total. The van der Waals surface area contributed by atoms with Gasteiger partial charge >= 0.3 is 6.18 Å². The number of imidazole rings is 1. The van der Waals surface area contributed by atoms with E-state index in [2.05, 4.69) is 36.2 Å². The van der Waals surface area contributed by atoms with Gasteiger partial charge in [0.05, 0.1) is 5.02 Å². The van der Waals surface area contributed by atoms with E-state index < -0.39 is 11.9 Å². The minimum Gasteiger partial charge on any atom is -0.340 e. The van der Waals surface area contributed by atoms with Gasteiger partial charge in [-0.3, -0.25) is 4.40 Å². The lowest BCUT2D eigenvalue weighted by molar-refractivity contribution is -0.140. The summed E-state index contributed by atoms with van der Waals surface area (Å²) >= 11 is 9.31. The monoisotopic (exact) mass is 467 g/mol. The lowest BCUT2D eigenvalue weighted by Crippen LogP contribution is -2.09. The highest BCUT2D eigenvalue weighted by atomic mass is 79.9. The number of nitrogens with zero attached hydrogens (tertiary/aromatic N) is 4. The molecule has 0 saturated heterocycles. The van der Waals surface area contributed by atoms with Gasteiger partial charge in [-0.1, -0.05) is 27.5 Å². The highest BCUT2D eigenvalue weighted by Crippen LogP contribution is 2.36. The molecule has 0 radical (unpaired) electrons. The van der Waals surface area contributed by atoms with Crippen LogP contribution in [0.2, 0.25) is 5.02 Å². The van der Waals surface area contributed by atoms with Crippen molar-refractivity contribution in [2.24, 2.45) is 0 Å². The van der Waals surface area contributed by atoms with Crippen molar-refractivity contribution in [3.8, 4) is 11.5 Å². The van der Waals surface area contributed by atoms with Crippen LogP contribution in [0.5, 0.6) is 0 Å². The summed E-state index contributed by atoms with van der Waals surface area (Å²) in [4.78, 5) is 12.0. The minimum atomic E-state index is -4.67. The van der Waals surface area contributed by atoms with Crippen LogP contribution >= 0.6 is 27.5 Å². The van der Waals surface area contributed by atoms with Crippen molar-refractivity contribution < 1.29 is 13.2 Å². The van der Waals surface area contributed by atoms with Crippen molar-refractivity contribution in [2.45, 2.75) is 6.18 Å². The molecule has 0 saturated carbocycles. The normalized spacial score (nSPS) is 11.8. The summed E-state index contributed by atoms with van der Waals surface area (Å²) in [5.41, 5.74) is -0.522. The van der Waals surface area contributed by atoms with E-state index in [0.29, 0.717) is 5.82 Å². The van der Waals surface area contributed by atoms with Crippen LogP contribution in [0.1, 0.15) is 5.69 Å². The van der Waals surface area contributed by atoms with E-state index >= 15 is 0 Å². The van der Waals surface area contributed by atoms with Crippen LogP contribution in [0.15, 0.2) is 59.3 Å². The number of benzene rings is 1. The Bertz CT molecular complexity index is 1160. The average molecular weight is 469 g/mol. The third kappa shape index (κ3) is 3.67. The fourth-order valence-electron chi connectivity index (χ4n) is 2.65. The van der Waals surface area contributed by atoms with Gasteiger partial charge in [0.25, 0.3) is 0 Å². The Morgan fingerprint density at radius 3 is 2.46 bits per heavy atom. The average Bonchev–Trinajstić information content (AvgIpc) is 3.03. The zero-order chi connectivity index (χ0) is 19.9. The summed E-state index contributed by atoms with van der Waals surface area (Å²) in [7, 11) is 0. The lowest BCUT2D eigenvalue weighted by Gasteiger charge is -2.09. The smallest absolute Gasteiger partial charge is 0.340 e. The number of rotatable bonds is 3. The molecule has 0 aliphatic rings. The molecular weight excluding hydrogens is 459 g/mol. The predicted octanol–water partition coefficient (Wildman–Crippen LogP) is 5.97. The fraction of sp³-hybridized carbons (Fsp3) is 0.0556. The second-order valence-electron chi connectivity index (χ2n) is 5.78. The molecule has 142 valence electrons. The van der Waals surface area contributed by atoms with Crippen LogP contribution in [-0.2, 0) is 6.18 Å². The van der Waals surface area contributed by atoms with Crippen molar-refractivity contribution in [1.29, 1.82) is 0 Å². The second-order valence-corrected chi connectivity index (χ2v) is 7.13. The molecule has 28 heavy (non-hydrogen) atoms. The maximum atomic E-state index is 13.6. The summed E-state index contributed by atoms with van der Waals surface area (Å²) in [6, 6.07) is 11.7. The first-order chi connectivity index (χ1) is 13.3. The molecule has 0 aliphatic carbocycles. The molecule has 0 aliphatic heterocycles. The minimum absolute atomic E-state index is 0.0987. The van der Waals surface area contributed by atoms with Gasteiger partial charge in [0.15, 0.2) is 11.5 Å². The molecule has 0 atom stereocenters. The summed E-state index contributed by atoms with van der Waals surface area (Å²) in [5.74, 6) is 0.224. The van der Waals surface area contributed by atoms with Crippen LogP contribution in [0.3, 0.4) is 0 Å². The Morgan fingerprint density at radius 1 is 1.00 bits per heavy atom. The van der Waals surface area contributed by atoms with Gasteiger partial charge in [0.2, 0.25) is 0 Å². The van der Waals surface area contributed by atoms with Gasteiger partial charge in [-0.25, -0.2) is 15.0 Å². The van der Waals surface area contributed by atoms with E-state index in [0.717, 1.165) is 10.2 Å². The Balaban J connectivity index is 1.83. The molecule has 0 fully saturated rings. The number of fused-ring (bicyclic) bond motifs is 1. The van der Waals surface area contributed by atoms with Gasteiger partial charge in [-0.05, 0) is 42.5 Å². The number of anilines is 2. The van der Waals surface area contributed by atoms with Crippen molar-refractivity contribution in [3.63, 3.8) is 0 Å². The van der Waals surface area contributed by atoms with Gasteiger partial charge in [0.1, 0.15) is 17.2 Å². The number of halogens is 5. The second kappa shape index (κ2) is 7.06. The van der Waals surface area contributed by atoms with Crippen LogP contribution in [0.25, 0.3) is 17.2 Å². The van der Waals surface area contributed by atoms with E-state index in [1.807, 2.05) is 12.1 Å². The third-order valence-electron chi connectivity index (χ3n) is 3.83. The molecule has 4 rings (SSSR count). The molecule has 0 bridgehead atoms. The number of hydrogen-bond donors (Lipinski definition) is 1. The number of aromatic nitrogens is 4. The Labute approximate surface area is 170 Å². The predicted molar refractivity (Wildman–Crippen MR) is 104 cm³/mol. The van der Waals surface area contributed by atoms with E-state index in [9.17, 15) is 13.2 Å². The molecule has 5 nitrogen and oxygen atoms in total. The van der Waals surface area contributed by atoms with Gasteiger partial charge in [-0.2, -0.15) is 13.2 Å². The van der Waals surface area contributed by atoms with Crippen molar-refractivity contribution in [2.75, 3.05) is 5.32 Å². The van der Waals surface area contributed by atoms with E-state index in [1.54, 1.807) is 18.2 Å². The number of nitrogens with one attached hydrogen (secondary N) is 1. The van der Waals surface area contributed by atoms with E-state index in [4.69, 9.17) is 11.6 Å². The molecule has 3 aromatic heterocycles. The summed E-state index contributed by atoms with van der Waals surface area (Å²) in [5, 5.41) is 3.31. The molecule has 4 aromatic rings. The lowest BCUT2D eigenvalue weighted by atomic mass is 10.3. The molecule has 3 heterocycles. The van der Waals surface area contributed by atoms with Gasteiger partial charge < -0.3 is 5.32 Å². The quantitative estimate of drug-likeness (QED) is 0.402. The maximum Gasteiger partial charge on any atom is 0.435 e. The van der Waals surface area contributed by atoms with Crippen LogP contribution in [0, 0.1) is 0 Å². The largest absolute Gasteiger partial charge is 0.435 e.